The number of aryl methyl sites for hydroxylation is 3. The summed E-state index contributed by atoms with van der Waals surface area (Å²) in [6, 6.07) is 12.6. The van der Waals surface area contributed by atoms with Crippen molar-refractivity contribution in [2.75, 3.05) is 6.61 Å². The Bertz CT molecular complexity index is 879. The van der Waals surface area contributed by atoms with Gasteiger partial charge < -0.3 is 14.4 Å². The molecule has 4 heteroatoms. The van der Waals surface area contributed by atoms with Crippen molar-refractivity contribution in [3.63, 3.8) is 0 Å². The van der Waals surface area contributed by atoms with Gasteiger partial charge in [0, 0.05) is 6.54 Å². The average molecular weight is 352 g/mol. The summed E-state index contributed by atoms with van der Waals surface area (Å²) in [5.74, 6) is 2.15. The zero-order chi connectivity index (χ0) is 18.7. The number of hydrogen-bond donors (Lipinski definition) is 1. The molecule has 0 atom stereocenters. The molecule has 2 aromatic carbocycles. The van der Waals surface area contributed by atoms with Crippen LogP contribution in [0.3, 0.4) is 0 Å². The number of aliphatic hydroxyl groups is 1. The van der Waals surface area contributed by atoms with Gasteiger partial charge in [0.1, 0.15) is 18.2 Å². The molecule has 4 nitrogen and oxygen atoms in total. The lowest BCUT2D eigenvalue weighted by atomic mass is 10.0. The van der Waals surface area contributed by atoms with E-state index in [4.69, 9.17) is 4.74 Å². The maximum absolute atomic E-state index is 9.65. The molecule has 0 aliphatic rings. The van der Waals surface area contributed by atoms with Gasteiger partial charge in [-0.2, -0.15) is 0 Å². The number of fused-ring (bicyclic) bond motifs is 1. The van der Waals surface area contributed by atoms with E-state index in [1.165, 1.54) is 16.7 Å². The van der Waals surface area contributed by atoms with Gasteiger partial charge in [-0.3, -0.25) is 0 Å². The van der Waals surface area contributed by atoms with Crippen LogP contribution in [0.5, 0.6) is 5.75 Å². The Kier molecular flexibility index (Phi) is 5.62. The minimum atomic E-state index is -0.0513. The Balaban J connectivity index is 1.65. The highest BCUT2D eigenvalue weighted by Crippen LogP contribution is 2.22. The van der Waals surface area contributed by atoms with E-state index in [9.17, 15) is 5.11 Å². The molecule has 1 N–H and O–H groups in total. The molecular formula is C22H28N2O2. The Morgan fingerprint density at radius 2 is 1.77 bits per heavy atom. The van der Waals surface area contributed by atoms with E-state index in [2.05, 4.69) is 61.5 Å². The molecule has 0 bridgehead atoms. The fraction of sp³-hybridized carbons (Fsp3) is 0.409. The van der Waals surface area contributed by atoms with Gasteiger partial charge in [-0.25, -0.2) is 4.98 Å². The summed E-state index contributed by atoms with van der Waals surface area (Å²) in [6.07, 6.45) is 0.858. The number of ether oxygens (including phenoxy) is 1. The molecule has 0 saturated heterocycles. The van der Waals surface area contributed by atoms with Crippen molar-refractivity contribution in [3.05, 3.63) is 58.9 Å². The third kappa shape index (κ3) is 3.91. The predicted molar refractivity (Wildman–Crippen MR) is 106 cm³/mol. The summed E-state index contributed by atoms with van der Waals surface area (Å²) < 4.78 is 7.98. The number of aromatic nitrogens is 2. The van der Waals surface area contributed by atoms with Crippen LogP contribution in [0.1, 0.15) is 48.7 Å². The standard InChI is InChI=1S/C22H28N2O2/c1-15(2)18-6-8-19(9-7-18)26-11-5-10-24-21-13-17(4)16(3)12-20(21)23-22(24)14-25/h6-9,12-13,15,25H,5,10-11,14H2,1-4H3. The second-order valence-corrected chi connectivity index (χ2v) is 7.19. The fourth-order valence-corrected chi connectivity index (χ4v) is 3.16. The summed E-state index contributed by atoms with van der Waals surface area (Å²) in [4.78, 5) is 4.57. The van der Waals surface area contributed by atoms with Crippen LogP contribution in [-0.4, -0.2) is 21.3 Å². The Morgan fingerprint density at radius 1 is 1.08 bits per heavy atom. The molecule has 0 unspecified atom stereocenters. The van der Waals surface area contributed by atoms with Crippen molar-refractivity contribution in [3.8, 4) is 5.75 Å². The van der Waals surface area contributed by atoms with Crippen LogP contribution in [0, 0.1) is 13.8 Å². The van der Waals surface area contributed by atoms with Crippen LogP contribution in [0.4, 0.5) is 0 Å². The number of hydrogen-bond acceptors (Lipinski definition) is 3. The van der Waals surface area contributed by atoms with Gasteiger partial charge in [0.15, 0.2) is 0 Å². The summed E-state index contributed by atoms with van der Waals surface area (Å²) in [7, 11) is 0. The van der Waals surface area contributed by atoms with Gasteiger partial charge in [0.25, 0.3) is 0 Å². The third-order valence-electron chi connectivity index (χ3n) is 4.93. The number of imidazole rings is 1. The lowest BCUT2D eigenvalue weighted by molar-refractivity contribution is 0.261. The second kappa shape index (κ2) is 7.92. The first-order valence-corrected chi connectivity index (χ1v) is 9.29. The van der Waals surface area contributed by atoms with Crippen molar-refractivity contribution in [2.45, 2.75) is 53.2 Å². The monoisotopic (exact) mass is 352 g/mol. The molecule has 3 aromatic rings. The van der Waals surface area contributed by atoms with Gasteiger partial charge in [0.05, 0.1) is 17.6 Å². The van der Waals surface area contributed by atoms with Crippen LogP contribution in [0.25, 0.3) is 11.0 Å². The first kappa shape index (κ1) is 18.5. The number of rotatable bonds is 7. The van der Waals surface area contributed by atoms with E-state index < -0.39 is 0 Å². The highest BCUT2D eigenvalue weighted by Gasteiger charge is 2.11. The largest absolute Gasteiger partial charge is 0.494 e. The van der Waals surface area contributed by atoms with Gasteiger partial charge in [-0.15, -0.1) is 0 Å². The molecule has 0 aliphatic carbocycles. The molecule has 1 heterocycles. The van der Waals surface area contributed by atoms with Crippen molar-refractivity contribution in [1.29, 1.82) is 0 Å². The molecule has 0 radical (unpaired) electrons. The average Bonchev–Trinajstić information content (AvgIpc) is 2.96. The molecule has 0 fully saturated rings. The van der Waals surface area contributed by atoms with E-state index in [-0.39, 0.29) is 6.61 Å². The minimum absolute atomic E-state index is 0.0513. The third-order valence-corrected chi connectivity index (χ3v) is 4.93. The van der Waals surface area contributed by atoms with Gasteiger partial charge in [0.2, 0.25) is 0 Å². The summed E-state index contributed by atoms with van der Waals surface area (Å²) >= 11 is 0. The zero-order valence-corrected chi connectivity index (χ0v) is 16.1. The lowest BCUT2D eigenvalue weighted by Gasteiger charge is -2.11. The molecule has 138 valence electrons. The number of nitrogens with zero attached hydrogens (tertiary/aromatic N) is 2. The predicted octanol–water partition coefficient (Wildman–Crippen LogP) is 4.74. The molecule has 0 spiro atoms. The van der Waals surface area contributed by atoms with E-state index in [1.54, 1.807) is 0 Å². The molecule has 0 saturated carbocycles. The molecular weight excluding hydrogens is 324 g/mol. The molecule has 3 rings (SSSR count). The maximum atomic E-state index is 9.65. The highest BCUT2D eigenvalue weighted by molar-refractivity contribution is 5.78. The number of benzene rings is 2. The van der Waals surface area contributed by atoms with Crippen molar-refractivity contribution >= 4 is 11.0 Å². The molecule has 0 aliphatic heterocycles. The summed E-state index contributed by atoms with van der Waals surface area (Å²) in [6.45, 7) is 9.93. The fourth-order valence-electron chi connectivity index (χ4n) is 3.16. The van der Waals surface area contributed by atoms with Crippen LogP contribution >= 0.6 is 0 Å². The van der Waals surface area contributed by atoms with Crippen LogP contribution in [0.15, 0.2) is 36.4 Å². The van der Waals surface area contributed by atoms with Crippen LogP contribution < -0.4 is 4.74 Å². The summed E-state index contributed by atoms with van der Waals surface area (Å²) in [5.41, 5.74) is 5.81. The first-order valence-electron chi connectivity index (χ1n) is 9.29. The highest BCUT2D eigenvalue weighted by atomic mass is 16.5. The minimum Gasteiger partial charge on any atom is -0.494 e. The Morgan fingerprint density at radius 3 is 2.42 bits per heavy atom. The Labute approximate surface area is 155 Å². The normalized spacial score (nSPS) is 11.5. The van der Waals surface area contributed by atoms with Crippen molar-refractivity contribution in [1.82, 2.24) is 9.55 Å². The van der Waals surface area contributed by atoms with Gasteiger partial charge in [-0.1, -0.05) is 26.0 Å². The van der Waals surface area contributed by atoms with Gasteiger partial charge >= 0.3 is 0 Å². The number of aliphatic hydroxyl groups excluding tert-OH is 1. The van der Waals surface area contributed by atoms with E-state index in [0.29, 0.717) is 18.3 Å². The molecule has 1 aromatic heterocycles. The smallest absolute Gasteiger partial charge is 0.135 e. The van der Waals surface area contributed by atoms with Crippen LogP contribution in [0.2, 0.25) is 0 Å². The molecule has 0 amide bonds. The summed E-state index contributed by atoms with van der Waals surface area (Å²) in [5, 5.41) is 9.65. The van der Waals surface area contributed by atoms with Crippen molar-refractivity contribution < 1.29 is 9.84 Å². The maximum Gasteiger partial charge on any atom is 0.135 e. The molecule has 26 heavy (non-hydrogen) atoms. The SMILES string of the molecule is Cc1cc2nc(CO)n(CCCOc3ccc(C(C)C)cc3)c2cc1C. The second-order valence-electron chi connectivity index (χ2n) is 7.19. The quantitative estimate of drug-likeness (QED) is 0.625. The lowest BCUT2D eigenvalue weighted by Crippen LogP contribution is -2.08. The first-order chi connectivity index (χ1) is 12.5. The van der Waals surface area contributed by atoms with E-state index in [1.807, 2.05) is 12.1 Å². The topological polar surface area (TPSA) is 47.3 Å². The van der Waals surface area contributed by atoms with Crippen molar-refractivity contribution in [2.24, 2.45) is 0 Å². The zero-order valence-electron chi connectivity index (χ0n) is 16.1. The van der Waals surface area contributed by atoms with E-state index in [0.717, 1.165) is 29.7 Å². The van der Waals surface area contributed by atoms with E-state index >= 15 is 0 Å². The van der Waals surface area contributed by atoms with Gasteiger partial charge in [-0.05, 0) is 67.1 Å². The Hall–Kier alpha value is -2.33. The van der Waals surface area contributed by atoms with Crippen LogP contribution in [-0.2, 0) is 13.2 Å².